The zero-order valence-corrected chi connectivity index (χ0v) is 7.02. The fourth-order valence-corrected chi connectivity index (χ4v) is 0.717. The van der Waals surface area contributed by atoms with Crippen LogP contribution in [0.4, 0.5) is 0 Å². The van der Waals surface area contributed by atoms with E-state index in [1.165, 1.54) is 12.5 Å². The van der Waals surface area contributed by atoms with Gasteiger partial charge < -0.3 is 20.6 Å². The minimum Gasteiger partial charge on any atom is -0.548 e. The van der Waals surface area contributed by atoms with E-state index in [0.29, 0.717) is 5.69 Å². The number of aliphatic carboxylic acids is 1. The number of nitrogens with zero attached hydrogens (tertiary/aromatic N) is 1. The van der Waals surface area contributed by atoms with Crippen molar-refractivity contribution in [1.82, 2.24) is 9.97 Å². The molecule has 0 saturated carbocycles. The van der Waals surface area contributed by atoms with Crippen molar-refractivity contribution < 1.29 is 27.0 Å². The summed E-state index contributed by atoms with van der Waals surface area (Å²) in [6.07, 6.45) is 3.22. The van der Waals surface area contributed by atoms with Gasteiger partial charge in [-0.05, 0) is 0 Å². The Hall–Kier alpha value is -0.841. The summed E-state index contributed by atoms with van der Waals surface area (Å²) in [7, 11) is 0. The van der Waals surface area contributed by atoms with E-state index in [2.05, 4.69) is 9.97 Å². The number of aromatic amines is 1. The van der Waals surface area contributed by atoms with Crippen LogP contribution in [0.5, 0.6) is 0 Å². The summed E-state index contributed by atoms with van der Waals surface area (Å²) >= 11 is 0. The number of hydrogen-bond acceptors (Lipinski definition) is 4. The fraction of sp³-hybridized carbons (Fsp3) is 0.333. The van der Waals surface area contributed by atoms with Crippen molar-refractivity contribution in [1.29, 1.82) is 0 Å². The molecule has 0 aliphatic rings. The third-order valence-electron chi connectivity index (χ3n) is 1.30. The fourth-order valence-electron chi connectivity index (χ4n) is 0.717. The van der Waals surface area contributed by atoms with Crippen LogP contribution in [0.2, 0.25) is 0 Å². The van der Waals surface area contributed by atoms with E-state index in [4.69, 9.17) is 5.73 Å². The molecule has 0 radical (unpaired) electrons. The molecular weight excluding hydrogens is 210 g/mol. The van der Waals surface area contributed by atoms with Crippen LogP contribution in [0.15, 0.2) is 12.5 Å². The summed E-state index contributed by atoms with van der Waals surface area (Å²) in [5.41, 5.74) is 5.89. The van der Waals surface area contributed by atoms with Crippen molar-refractivity contribution in [3.8, 4) is 0 Å². The third-order valence-corrected chi connectivity index (χ3v) is 1.30. The molecule has 70 valence electrons. The first-order valence-electron chi connectivity index (χ1n) is 3.14. The molecule has 0 bridgehead atoms. The first-order valence-corrected chi connectivity index (χ1v) is 3.14. The van der Waals surface area contributed by atoms with Crippen LogP contribution in [0.1, 0.15) is 5.69 Å². The van der Waals surface area contributed by atoms with Gasteiger partial charge in [0.05, 0.1) is 12.3 Å². The van der Waals surface area contributed by atoms with E-state index in [1.807, 2.05) is 0 Å². The number of carbonyl (C=O) groups is 1. The van der Waals surface area contributed by atoms with Gasteiger partial charge in [-0.1, -0.05) is 0 Å². The molecular formula is C6H8CuN3O2. The quantitative estimate of drug-likeness (QED) is 0.574. The second-order valence-electron chi connectivity index (χ2n) is 2.21. The Morgan fingerprint density at radius 3 is 2.92 bits per heavy atom. The van der Waals surface area contributed by atoms with Gasteiger partial charge in [-0.25, -0.2) is 4.98 Å². The number of hydrogen-bond donors (Lipinski definition) is 2. The van der Waals surface area contributed by atoms with Crippen LogP contribution in [0, 0.1) is 0 Å². The molecule has 0 spiro atoms. The van der Waals surface area contributed by atoms with Crippen molar-refractivity contribution in [2.24, 2.45) is 5.73 Å². The molecule has 1 aromatic rings. The Kier molecular flexibility index (Phi) is 4.58. The zero-order chi connectivity index (χ0) is 8.27. The van der Waals surface area contributed by atoms with Gasteiger partial charge in [0.25, 0.3) is 0 Å². The number of carboxylic acid groups (broad SMARTS) is 1. The Bertz CT molecular complexity index is 237. The van der Waals surface area contributed by atoms with E-state index >= 15 is 0 Å². The molecule has 0 saturated heterocycles. The Morgan fingerprint density at radius 2 is 2.50 bits per heavy atom. The molecule has 3 N–H and O–H groups in total. The van der Waals surface area contributed by atoms with Crippen LogP contribution < -0.4 is 10.8 Å². The first-order chi connectivity index (χ1) is 5.20. The molecule has 1 heterocycles. The topological polar surface area (TPSA) is 94.8 Å². The van der Waals surface area contributed by atoms with Gasteiger partial charge in [0.2, 0.25) is 0 Å². The maximum absolute atomic E-state index is 10.2. The first kappa shape index (κ1) is 11.2. The molecule has 5 nitrogen and oxygen atoms in total. The average molecular weight is 218 g/mol. The van der Waals surface area contributed by atoms with Crippen LogP contribution in [0.3, 0.4) is 0 Å². The number of carboxylic acids is 1. The number of aromatic nitrogens is 2. The number of carbonyl (C=O) groups excluding carboxylic acids is 1. The maximum Gasteiger partial charge on any atom is 1.00 e. The van der Waals surface area contributed by atoms with Crippen LogP contribution >= 0.6 is 0 Å². The average Bonchev–Trinajstić information content (AvgIpc) is 2.39. The zero-order valence-electron chi connectivity index (χ0n) is 6.08. The van der Waals surface area contributed by atoms with Gasteiger partial charge >= 0.3 is 17.1 Å². The molecule has 0 aliphatic carbocycles. The number of imidazole rings is 1. The van der Waals surface area contributed by atoms with E-state index in [1.54, 1.807) is 0 Å². The molecule has 6 heteroatoms. The van der Waals surface area contributed by atoms with Crippen molar-refractivity contribution in [3.05, 3.63) is 18.2 Å². The smallest absolute Gasteiger partial charge is 0.548 e. The van der Waals surface area contributed by atoms with E-state index in [9.17, 15) is 9.90 Å². The van der Waals surface area contributed by atoms with Gasteiger partial charge in [0.15, 0.2) is 0 Å². The SMILES string of the molecule is N[C@@H](Cc1cnc[nH]1)C(=O)[O-].[Cu+]. The molecule has 0 amide bonds. The Morgan fingerprint density at radius 1 is 1.83 bits per heavy atom. The Balaban J connectivity index is 0.00000121. The van der Waals surface area contributed by atoms with Gasteiger partial charge in [-0.2, -0.15) is 0 Å². The summed E-state index contributed by atoms with van der Waals surface area (Å²) in [5.74, 6) is -1.25. The summed E-state index contributed by atoms with van der Waals surface area (Å²) in [6.45, 7) is 0. The van der Waals surface area contributed by atoms with Gasteiger partial charge in [-0.3, -0.25) is 0 Å². The minimum absolute atomic E-state index is 0. The molecule has 0 fully saturated rings. The molecule has 0 aliphatic heterocycles. The molecule has 1 rings (SSSR count). The van der Waals surface area contributed by atoms with Crippen molar-refractivity contribution in [3.63, 3.8) is 0 Å². The normalized spacial score (nSPS) is 11.8. The molecule has 1 atom stereocenters. The van der Waals surface area contributed by atoms with Gasteiger partial charge in [0, 0.05) is 24.4 Å². The number of nitrogens with one attached hydrogen (secondary N) is 1. The van der Waals surface area contributed by atoms with Gasteiger partial charge in [0.1, 0.15) is 0 Å². The molecule has 0 aromatic carbocycles. The van der Waals surface area contributed by atoms with E-state index in [0.717, 1.165) is 0 Å². The second kappa shape index (κ2) is 4.92. The predicted molar refractivity (Wildman–Crippen MR) is 35.3 cm³/mol. The van der Waals surface area contributed by atoms with Crippen LogP contribution in [-0.4, -0.2) is 22.0 Å². The summed E-state index contributed by atoms with van der Waals surface area (Å²) < 4.78 is 0. The standard InChI is InChI=1S/C6H9N3O2.Cu/c7-5(6(10)11)1-4-2-8-3-9-4;/h2-3,5H,1,7H2,(H,8,9)(H,10,11);/q;+1/p-1/t5-;/m0./s1. The van der Waals surface area contributed by atoms with E-state index in [-0.39, 0.29) is 23.5 Å². The maximum atomic E-state index is 10.2. The number of nitrogens with two attached hydrogens (primary N) is 1. The summed E-state index contributed by atoms with van der Waals surface area (Å²) in [4.78, 5) is 16.6. The second-order valence-corrected chi connectivity index (χ2v) is 2.21. The van der Waals surface area contributed by atoms with Gasteiger partial charge in [-0.15, -0.1) is 0 Å². The largest absolute Gasteiger partial charge is 1.00 e. The van der Waals surface area contributed by atoms with Crippen molar-refractivity contribution in [2.75, 3.05) is 0 Å². The van der Waals surface area contributed by atoms with E-state index < -0.39 is 12.0 Å². The summed E-state index contributed by atoms with van der Waals surface area (Å²) in [5, 5.41) is 10.2. The molecule has 1 aromatic heterocycles. The van der Waals surface area contributed by atoms with Crippen molar-refractivity contribution in [2.45, 2.75) is 12.5 Å². The molecule has 12 heavy (non-hydrogen) atoms. The minimum atomic E-state index is -1.25. The summed E-state index contributed by atoms with van der Waals surface area (Å²) in [6, 6.07) is -0.963. The Labute approximate surface area is 79.8 Å². The predicted octanol–water partition coefficient (Wildman–Crippen LogP) is -1.97. The number of H-pyrrole nitrogens is 1. The van der Waals surface area contributed by atoms with Crippen LogP contribution in [0.25, 0.3) is 0 Å². The molecule has 0 unspecified atom stereocenters. The third kappa shape index (κ3) is 3.04. The number of rotatable bonds is 3. The van der Waals surface area contributed by atoms with Crippen molar-refractivity contribution >= 4 is 5.97 Å². The monoisotopic (exact) mass is 217 g/mol. The van der Waals surface area contributed by atoms with Crippen LogP contribution in [-0.2, 0) is 28.3 Å².